The number of hydrogen-bond acceptors (Lipinski definition) is 5. The van der Waals surface area contributed by atoms with Gasteiger partial charge in [-0.1, -0.05) is 33.9 Å². The van der Waals surface area contributed by atoms with E-state index in [1.807, 2.05) is 0 Å². The van der Waals surface area contributed by atoms with Crippen LogP contribution in [0.2, 0.25) is 5.02 Å². The molecule has 0 aliphatic heterocycles. The van der Waals surface area contributed by atoms with Crippen LogP contribution in [0.25, 0.3) is 0 Å². The van der Waals surface area contributed by atoms with Crippen molar-refractivity contribution in [2.75, 3.05) is 0 Å². The number of aromatic nitrogens is 1. The predicted molar refractivity (Wildman–Crippen MR) is 81.0 cm³/mol. The van der Waals surface area contributed by atoms with Crippen molar-refractivity contribution in [2.45, 2.75) is 30.7 Å². The lowest BCUT2D eigenvalue weighted by Crippen LogP contribution is -2.13. The van der Waals surface area contributed by atoms with Crippen LogP contribution in [0.1, 0.15) is 51.6 Å². The van der Waals surface area contributed by atoms with Gasteiger partial charge < -0.3 is 9.08 Å². The first kappa shape index (κ1) is 18.1. The van der Waals surface area contributed by atoms with Gasteiger partial charge in [0.15, 0.2) is 11.5 Å². The second kappa shape index (κ2) is 6.54. The first-order valence-corrected chi connectivity index (χ1v) is 8.76. The Bertz CT molecular complexity index is 861. The number of carbonyl (C=O) groups excluding carboxylic acids is 1. The zero-order valence-corrected chi connectivity index (χ0v) is 14.0. The molecule has 25 heavy (non-hydrogen) atoms. The highest BCUT2D eigenvalue weighted by molar-refractivity contribution is 7.78. The molecule has 0 radical (unpaired) electrons. The fourth-order valence-electron chi connectivity index (χ4n) is 2.52. The van der Waals surface area contributed by atoms with Crippen LogP contribution in [0.5, 0.6) is 0 Å². The molecule has 134 valence electrons. The standard InChI is InChI=1S/C15H11ClF3NO4S/c16-12-10(6-25(22)23)8(3-4-11(12)15(17,18)19)13(21)9-5-20-24-14(9)7-1-2-7/h3-5,7H,1-2,6H2,(H,22,23)/p-1. The molecule has 1 unspecified atom stereocenters. The molecular weight excluding hydrogens is 383 g/mol. The van der Waals surface area contributed by atoms with E-state index in [1.54, 1.807) is 0 Å². The van der Waals surface area contributed by atoms with E-state index in [1.165, 1.54) is 6.20 Å². The Balaban J connectivity index is 2.11. The number of rotatable bonds is 5. The Morgan fingerprint density at radius 2 is 2.04 bits per heavy atom. The number of carbonyl (C=O) groups is 1. The van der Waals surface area contributed by atoms with Gasteiger partial charge in [-0.2, -0.15) is 13.2 Å². The Hall–Kier alpha value is -1.71. The summed E-state index contributed by atoms with van der Waals surface area (Å²) in [5.74, 6) is -1.08. The highest BCUT2D eigenvalue weighted by Gasteiger charge is 2.37. The van der Waals surface area contributed by atoms with Crippen LogP contribution in [-0.2, 0) is 23.0 Å². The van der Waals surface area contributed by atoms with Crippen molar-refractivity contribution in [3.05, 3.63) is 51.4 Å². The number of halogens is 4. The van der Waals surface area contributed by atoms with Gasteiger partial charge >= 0.3 is 6.18 Å². The second-order valence-corrected chi connectivity index (χ2v) is 6.88. The lowest BCUT2D eigenvalue weighted by molar-refractivity contribution is -0.137. The van der Waals surface area contributed by atoms with Crippen LogP contribution in [0, 0.1) is 0 Å². The number of hydrogen-bond donors (Lipinski definition) is 0. The topological polar surface area (TPSA) is 83.2 Å². The van der Waals surface area contributed by atoms with Crippen LogP contribution in [-0.4, -0.2) is 19.7 Å². The Morgan fingerprint density at radius 1 is 1.36 bits per heavy atom. The SMILES string of the molecule is O=C(c1cnoc1C1CC1)c1ccc(C(F)(F)F)c(Cl)c1CS(=O)[O-]. The lowest BCUT2D eigenvalue weighted by atomic mass is 9.96. The van der Waals surface area contributed by atoms with Crippen molar-refractivity contribution in [1.29, 1.82) is 0 Å². The van der Waals surface area contributed by atoms with Crippen LogP contribution >= 0.6 is 11.6 Å². The number of benzene rings is 1. The minimum atomic E-state index is -4.77. The molecule has 10 heteroatoms. The van der Waals surface area contributed by atoms with Crippen molar-refractivity contribution >= 4 is 28.5 Å². The molecule has 5 nitrogen and oxygen atoms in total. The lowest BCUT2D eigenvalue weighted by Gasteiger charge is -2.17. The fourth-order valence-corrected chi connectivity index (χ4v) is 3.47. The Morgan fingerprint density at radius 3 is 2.60 bits per heavy atom. The van der Waals surface area contributed by atoms with Gasteiger partial charge in [0, 0.05) is 17.2 Å². The summed E-state index contributed by atoms with van der Waals surface area (Å²) < 4.78 is 66.2. The Kier molecular flexibility index (Phi) is 4.74. The van der Waals surface area contributed by atoms with E-state index < -0.39 is 44.9 Å². The molecule has 1 aromatic carbocycles. The van der Waals surface area contributed by atoms with Crippen LogP contribution in [0.3, 0.4) is 0 Å². The second-order valence-electron chi connectivity index (χ2n) is 5.61. The third-order valence-electron chi connectivity index (χ3n) is 3.85. The van der Waals surface area contributed by atoms with Gasteiger partial charge in [-0.15, -0.1) is 0 Å². The molecule has 3 rings (SSSR count). The maximum atomic E-state index is 13.0. The summed E-state index contributed by atoms with van der Waals surface area (Å²) in [5.41, 5.74) is -1.69. The first-order valence-electron chi connectivity index (χ1n) is 7.14. The summed E-state index contributed by atoms with van der Waals surface area (Å²) in [6.07, 6.45) is -1.95. The van der Waals surface area contributed by atoms with Crippen molar-refractivity contribution in [1.82, 2.24) is 5.16 Å². The molecule has 0 saturated heterocycles. The maximum absolute atomic E-state index is 13.0. The van der Waals surface area contributed by atoms with Crippen LogP contribution in [0.15, 0.2) is 22.9 Å². The molecule has 1 fully saturated rings. The molecule has 2 aromatic rings. The van der Waals surface area contributed by atoms with Gasteiger partial charge in [-0.05, 0) is 24.5 Å². The summed E-state index contributed by atoms with van der Waals surface area (Å²) in [6.45, 7) is 0. The van der Waals surface area contributed by atoms with Gasteiger partial charge in [0.1, 0.15) is 0 Å². The normalized spacial score (nSPS) is 16.0. The van der Waals surface area contributed by atoms with E-state index in [0.717, 1.165) is 18.9 Å². The van der Waals surface area contributed by atoms with Crippen molar-refractivity contribution in [3.63, 3.8) is 0 Å². The van der Waals surface area contributed by atoms with Gasteiger partial charge in [0.05, 0.1) is 22.3 Å². The highest BCUT2D eigenvalue weighted by atomic mass is 35.5. The highest BCUT2D eigenvalue weighted by Crippen LogP contribution is 2.43. The minimum Gasteiger partial charge on any atom is -0.772 e. The zero-order valence-electron chi connectivity index (χ0n) is 12.4. The van der Waals surface area contributed by atoms with E-state index in [0.29, 0.717) is 11.8 Å². The molecule has 0 N–H and O–H groups in total. The van der Waals surface area contributed by atoms with Gasteiger partial charge in [-0.3, -0.25) is 9.00 Å². The number of nitrogens with zero attached hydrogens (tertiary/aromatic N) is 1. The number of alkyl halides is 3. The molecule has 1 aromatic heterocycles. The van der Waals surface area contributed by atoms with E-state index in [-0.39, 0.29) is 17.0 Å². The minimum absolute atomic E-state index is 0.0449. The van der Waals surface area contributed by atoms with E-state index in [2.05, 4.69) is 5.16 Å². The molecule has 0 spiro atoms. The predicted octanol–water partition coefficient (Wildman–Crippen LogP) is 3.83. The molecule has 0 amide bonds. The van der Waals surface area contributed by atoms with E-state index in [4.69, 9.17) is 16.1 Å². The molecule has 0 bridgehead atoms. The van der Waals surface area contributed by atoms with E-state index in [9.17, 15) is 26.7 Å². The summed E-state index contributed by atoms with van der Waals surface area (Å²) in [4.78, 5) is 12.7. The van der Waals surface area contributed by atoms with E-state index >= 15 is 0 Å². The van der Waals surface area contributed by atoms with Crippen LogP contribution < -0.4 is 0 Å². The summed E-state index contributed by atoms with van der Waals surface area (Å²) >= 11 is 3.05. The third-order valence-corrected chi connectivity index (χ3v) is 4.80. The van der Waals surface area contributed by atoms with Crippen molar-refractivity contribution < 1.29 is 31.3 Å². The van der Waals surface area contributed by atoms with Gasteiger partial charge in [0.2, 0.25) is 0 Å². The fraction of sp³-hybridized carbons (Fsp3) is 0.333. The molecule has 1 atom stereocenters. The average Bonchev–Trinajstić information content (AvgIpc) is 3.24. The molecular formula is C15H10ClF3NO4S-. The third kappa shape index (κ3) is 3.63. The molecule has 1 aliphatic carbocycles. The smallest absolute Gasteiger partial charge is 0.417 e. The van der Waals surface area contributed by atoms with Crippen molar-refractivity contribution in [2.24, 2.45) is 0 Å². The van der Waals surface area contributed by atoms with Crippen LogP contribution in [0.4, 0.5) is 13.2 Å². The molecule has 1 aliphatic rings. The maximum Gasteiger partial charge on any atom is 0.417 e. The molecule has 1 saturated carbocycles. The average molecular weight is 393 g/mol. The summed E-state index contributed by atoms with van der Waals surface area (Å²) in [6, 6.07) is 1.60. The number of ketones is 1. The zero-order chi connectivity index (χ0) is 18.4. The quantitative estimate of drug-likeness (QED) is 0.570. The monoisotopic (exact) mass is 392 g/mol. The van der Waals surface area contributed by atoms with Gasteiger partial charge in [0.25, 0.3) is 0 Å². The molecule has 1 heterocycles. The Labute approximate surface area is 147 Å². The first-order chi connectivity index (χ1) is 11.7. The largest absolute Gasteiger partial charge is 0.772 e. The van der Waals surface area contributed by atoms with Crippen molar-refractivity contribution in [3.8, 4) is 0 Å². The van der Waals surface area contributed by atoms with Gasteiger partial charge in [-0.25, -0.2) is 0 Å². The summed E-state index contributed by atoms with van der Waals surface area (Å²) in [5, 5.41) is 2.77. The summed E-state index contributed by atoms with van der Waals surface area (Å²) in [7, 11) is 0.